The van der Waals surface area contributed by atoms with E-state index in [1.165, 1.54) is 13.1 Å². The fourth-order valence-electron chi connectivity index (χ4n) is 2.12. The van der Waals surface area contributed by atoms with Crippen LogP contribution >= 0.6 is 0 Å². The summed E-state index contributed by atoms with van der Waals surface area (Å²) in [4.78, 5) is 35.0. The van der Waals surface area contributed by atoms with Gasteiger partial charge in [-0.1, -0.05) is 12.1 Å². The lowest BCUT2D eigenvalue weighted by atomic mass is 10.1. The second-order valence-corrected chi connectivity index (χ2v) is 5.13. The maximum absolute atomic E-state index is 12.4. The van der Waals surface area contributed by atoms with Crippen LogP contribution in [0, 0.1) is 6.92 Å². The molecule has 2 rings (SSSR count). The molecule has 0 fully saturated rings. The molecular formula is C17H18N4O3. The Hall–Kier alpha value is -3.35. The second kappa shape index (κ2) is 7.28. The number of nitrogens with two attached hydrogens (primary N) is 1. The first kappa shape index (κ1) is 17.0. The van der Waals surface area contributed by atoms with Gasteiger partial charge in [0.15, 0.2) is 0 Å². The Morgan fingerprint density at radius 1 is 0.917 bits per heavy atom. The van der Waals surface area contributed by atoms with E-state index in [-0.39, 0.29) is 11.8 Å². The number of benzene rings is 2. The van der Waals surface area contributed by atoms with Crippen molar-refractivity contribution < 1.29 is 14.4 Å². The Kier molecular flexibility index (Phi) is 5.16. The Morgan fingerprint density at radius 2 is 1.62 bits per heavy atom. The molecule has 0 saturated carbocycles. The smallest absolute Gasteiger partial charge is 0.316 e. The Balaban J connectivity index is 2.23. The van der Waals surface area contributed by atoms with Gasteiger partial charge in [-0.2, -0.15) is 0 Å². The van der Waals surface area contributed by atoms with Crippen LogP contribution in [0.2, 0.25) is 0 Å². The van der Waals surface area contributed by atoms with E-state index in [2.05, 4.69) is 16.0 Å². The van der Waals surface area contributed by atoms with Crippen molar-refractivity contribution in [1.29, 1.82) is 0 Å². The largest absolute Gasteiger partial charge is 0.355 e. The van der Waals surface area contributed by atoms with E-state index in [0.29, 0.717) is 22.5 Å². The Bertz CT molecular complexity index is 802. The molecule has 0 radical (unpaired) electrons. The average Bonchev–Trinajstić information content (AvgIpc) is 2.55. The number of urea groups is 1. The number of carbonyl (C=O) groups is 3. The normalized spacial score (nSPS) is 9.92. The maximum atomic E-state index is 12.4. The van der Waals surface area contributed by atoms with Crippen LogP contribution in [0.4, 0.5) is 16.2 Å². The molecule has 0 atom stereocenters. The summed E-state index contributed by atoms with van der Waals surface area (Å²) in [6.07, 6.45) is 0. The fraction of sp³-hybridized carbons (Fsp3) is 0.118. The third kappa shape index (κ3) is 4.10. The molecule has 0 aliphatic carbocycles. The van der Waals surface area contributed by atoms with Gasteiger partial charge in [0.05, 0.1) is 0 Å². The highest BCUT2D eigenvalue weighted by atomic mass is 16.2. The van der Waals surface area contributed by atoms with E-state index in [1.807, 2.05) is 6.92 Å². The van der Waals surface area contributed by atoms with Crippen molar-refractivity contribution >= 4 is 29.2 Å². The first-order valence-corrected chi connectivity index (χ1v) is 7.21. The average molecular weight is 326 g/mol. The van der Waals surface area contributed by atoms with E-state index in [1.54, 1.807) is 36.4 Å². The van der Waals surface area contributed by atoms with Gasteiger partial charge in [-0.15, -0.1) is 0 Å². The van der Waals surface area contributed by atoms with Crippen LogP contribution in [-0.2, 0) is 0 Å². The van der Waals surface area contributed by atoms with Gasteiger partial charge >= 0.3 is 6.03 Å². The zero-order valence-corrected chi connectivity index (χ0v) is 13.3. The highest BCUT2D eigenvalue weighted by Gasteiger charge is 2.11. The highest BCUT2D eigenvalue weighted by molar-refractivity contribution is 6.06. The molecule has 7 heteroatoms. The van der Waals surface area contributed by atoms with E-state index < -0.39 is 6.03 Å². The van der Waals surface area contributed by atoms with Crippen LogP contribution in [0.25, 0.3) is 0 Å². The molecule has 0 unspecified atom stereocenters. The quantitative estimate of drug-likeness (QED) is 0.690. The number of aryl methyl sites for hydroxylation is 1. The zero-order valence-electron chi connectivity index (χ0n) is 13.3. The van der Waals surface area contributed by atoms with E-state index in [0.717, 1.165) is 5.56 Å². The molecular weight excluding hydrogens is 308 g/mol. The number of hydrogen-bond acceptors (Lipinski definition) is 3. The molecule has 2 aromatic rings. The third-order valence-electron chi connectivity index (χ3n) is 3.37. The van der Waals surface area contributed by atoms with Crippen molar-refractivity contribution in [3.8, 4) is 0 Å². The van der Waals surface area contributed by atoms with Gasteiger partial charge in [0.25, 0.3) is 11.8 Å². The number of hydrogen-bond donors (Lipinski definition) is 4. The number of amides is 4. The van der Waals surface area contributed by atoms with Crippen LogP contribution in [-0.4, -0.2) is 24.9 Å². The second-order valence-electron chi connectivity index (χ2n) is 5.13. The summed E-state index contributed by atoms with van der Waals surface area (Å²) >= 11 is 0. The lowest BCUT2D eigenvalue weighted by Gasteiger charge is -2.11. The summed E-state index contributed by atoms with van der Waals surface area (Å²) in [5, 5.41) is 7.71. The predicted molar refractivity (Wildman–Crippen MR) is 92.2 cm³/mol. The van der Waals surface area contributed by atoms with Crippen molar-refractivity contribution in [2.75, 3.05) is 17.7 Å². The number of nitrogens with one attached hydrogen (secondary N) is 3. The Labute approximate surface area is 139 Å². The van der Waals surface area contributed by atoms with Crippen LogP contribution < -0.4 is 21.7 Å². The highest BCUT2D eigenvalue weighted by Crippen LogP contribution is 2.19. The molecule has 0 aromatic heterocycles. The molecule has 124 valence electrons. The molecule has 24 heavy (non-hydrogen) atoms. The van der Waals surface area contributed by atoms with Crippen LogP contribution in [0.1, 0.15) is 26.3 Å². The minimum absolute atomic E-state index is 0.238. The summed E-state index contributed by atoms with van der Waals surface area (Å²) in [7, 11) is 1.54. The van der Waals surface area contributed by atoms with Crippen molar-refractivity contribution in [2.45, 2.75) is 6.92 Å². The molecule has 4 amide bonds. The molecule has 7 nitrogen and oxygen atoms in total. The number of primary amides is 1. The van der Waals surface area contributed by atoms with E-state index >= 15 is 0 Å². The topological polar surface area (TPSA) is 113 Å². The molecule has 2 aromatic carbocycles. The van der Waals surface area contributed by atoms with Crippen LogP contribution in [0.3, 0.4) is 0 Å². The minimum Gasteiger partial charge on any atom is -0.355 e. The third-order valence-corrected chi connectivity index (χ3v) is 3.37. The summed E-state index contributed by atoms with van der Waals surface area (Å²) in [6.45, 7) is 1.83. The fourth-order valence-corrected chi connectivity index (χ4v) is 2.12. The monoisotopic (exact) mass is 326 g/mol. The molecule has 0 aliphatic heterocycles. The van der Waals surface area contributed by atoms with Gasteiger partial charge in [0.1, 0.15) is 0 Å². The van der Waals surface area contributed by atoms with Crippen molar-refractivity contribution in [3.05, 3.63) is 59.2 Å². The first-order valence-electron chi connectivity index (χ1n) is 7.21. The van der Waals surface area contributed by atoms with Gasteiger partial charge in [-0.25, -0.2) is 4.79 Å². The summed E-state index contributed by atoms with van der Waals surface area (Å²) < 4.78 is 0. The van der Waals surface area contributed by atoms with Gasteiger partial charge in [-0.3, -0.25) is 9.59 Å². The molecule has 0 bridgehead atoms. The van der Waals surface area contributed by atoms with Gasteiger partial charge in [0.2, 0.25) is 0 Å². The van der Waals surface area contributed by atoms with Gasteiger partial charge < -0.3 is 21.7 Å². The number of carbonyl (C=O) groups excluding carboxylic acids is 3. The number of anilines is 2. The minimum atomic E-state index is -0.707. The summed E-state index contributed by atoms with van der Waals surface area (Å²) in [5.74, 6) is -0.599. The van der Waals surface area contributed by atoms with Crippen molar-refractivity contribution in [1.82, 2.24) is 5.32 Å². The molecule has 0 heterocycles. The van der Waals surface area contributed by atoms with Crippen molar-refractivity contribution in [2.24, 2.45) is 5.73 Å². The van der Waals surface area contributed by atoms with Gasteiger partial charge in [-0.05, 0) is 42.8 Å². The predicted octanol–water partition coefficient (Wildman–Crippen LogP) is 2.10. The van der Waals surface area contributed by atoms with Crippen LogP contribution in [0.15, 0.2) is 42.5 Å². The Morgan fingerprint density at radius 3 is 2.29 bits per heavy atom. The van der Waals surface area contributed by atoms with E-state index in [4.69, 9.17) is 5.73 Å². The van der Waals surface area contributed by atoms with Crippen LogP contribution in [0.5, 0.6) is 0 Å². The SMILES string of the molecule is CNC(=O)c1ccc(C)c(NC(=O)c2cccc(NC(N)=O)c2)c1. The molecule has 0 saturated heterocycles. The van der Waals surface area contributed by atoms with Gasteiger partial charge in [0, 0.05) is 29.5 Å². The summed E-state index contributed by atoms with van der Waals surface area (Å²) in [6, 6.07) is 10.7. The molecule has 0 aliphatic rings. The maximum Gasteiger partial charge on any atom is 0.316 e. The molecule has 5 N–H and O–H groups in total. The summed E-state index contributed by atoms with van der Waals surface area (Å²) in [5.41, 5.74) is 7.64. The van der Waals surface area contributed by atoms with E-state index in [9.17, 15) is 14.4 Å². The zero-order chi connectivity index (χ0) is 17.7. The number of rotatable bonds is 4. The van der Waals surface area contributed by atoms with Crippen molar-refractivity contribution in [3.63, 3.8) is 0 Å². The first-order chi connectivity index (χ1) is 11.4. The lowest BCUT2D eigenvalue weighted by Crippen LogP contribution is -2.20. The standard InChI is InChI=1S/C17H18N4O3/c1-10-6-7-12(15(22)19-2)9-14(10)21-16(23)11-4-3-5-13(8-11)20-17(18)24/h3-9H,1-2H3,(H,19,22)(H,21,23)(H3,18,20,24). The molecule has 0 spiro atoms. The lowest BCUT2D eigenvalue weighted by molar-refractivity contribution is 0.0961.